The zero-order chi connectivity index (χ0) is 26.8. The first-order valence-corrected chi connectivity index (χ1v) is 12.9. The van der Waals surface area contributed by atoms with Crippen LogP contribution in [0.25, 0.3) is 5.69 Å². The summed E-state index contributed by atoms with van der Waals surface area (Å²) in [6.45, 7) is 1.36. The number of aromatic nitrogens is 3. The molecule has 0 bridgehead atoms. The summed E-state index contributed by atoms with van der Waals surface area (Å²) in [5, 5.41) is 10.6. The fraction of sp³-hybridized carbons (Fsp3) is 0.130. The molecule has 0 fully saturated rings. The van der Waals surface area contributed by atoms with E-state index < -0.39 is 27.3 Å². The lowest BCUT2D eigenvalue weighted by atomic mass is 10.2. The summed E-state index contributed by atoms with van der Waals surface area (Å²) in [7, 11) is -4.05. The van der Waals surface area contributed by atoms with Crippen molar-refractivity contribution >= 4 is 33.3 Å². The van der Waals surface area contributed by atoms with Crippen molar-refractivity contribution in [3.8, 4) is 11.6 Å². The maximum Gasteiger partial charge on any atom is 0.446 e. The van der Waals surface area contributed by atoms with Crippen molar-refractivity contribution in [3.05, 3.63) is 94.8 Å². The molecule has 194 valence electrons. The molecule has 4 rings (SSSR count). The third kappa shape index (κ3) is 6.27. The highest BCUT2D eigenvalue weighted by atomic mass is 32.2. The molecule has 0 aliphatic rings. The Kier molecular flexibility index (Phi) is 7.23. The molecule has 2 aromatic heterocycles. The molecule has 2 heterocycles. The first-order valence-electron chi connectivity index (χ1n) is 10.6. The molecule has 0 saturated carbocycles. The van der Waals surface area contributed by atoms with Gasteiger partial charge in [-0.05, 0) is 66.7 Å². The summed E-state index contributed by atoms with van der Waals surface area (Å²) in [5.74, 6) is -0.400. The van der Waals surface area contributed by atoms with Crippen molar-refractivity contribution in [2.45, 2.75) is 23.9 Å². The molecule has 4 aromatic rings. The van der Waals surface area contributed by atoms with Gasteiger partial charge in [-0.2, -0.15) is 21.6 Å². The summed E-state index contributed by atoms with van der Waals surface area (Å²) >= 11 is -0.293. The number of nitrogens with one attached hydrogen (secondary N) is 2. The second kappa shape index (κ2) is 10.2. The van der Waals surface area contributed by atoms with E-state index in [9.17, 15) is 31.5 Å². The largest absolute Gasteiger partial charge is 0.493 e. The molecule has 14 heteroatoms. The van der Waals surface area contributed by atoms with E-state index >= 15 is 0 Å². The van der Waals surface area contributed by atoms with Gasteiger partial charge in [0.05, 0.1) is 35.5 Å². The maximum absolute atomic E-state index is 13.2. The van der Waals surface area contributed by atoms with E-state index in [0.29, 0.717) is 11.3 Å². The third-order valence-electron chi connectivity index (χ3n) is 5.20. The van der Waals surface area contributed by atoms with Crippen molar-refractivity contribution in [3.63, 3.8) is 0 Å². The lowest BCUT2D eigenvalue weighted by Gasteiger charge is -2.14. The van der Waals surface area contributed by atoms with Crippen LogP contribution >= 0.6 is 11.8 Å². The standard InChI is InChI=1S/C23H20F3N5O4S2/c1-15-21(32)31(18-7-9-19(10-8-18)36-23(24,25)26)22(33)30(15)14-16-11-12-27-13-20(16)29-37(34,35)28-17-5-3-2-4-6-17/h2-13,28-29,32H,14H2,1H3. The molecule has 0 unspecified atom stereocenters. The van der Waals surface area contributed by atoms with Gasteiger partial charge in [0.15, 0.2) is 0 Å². The highest BCUT2D eigenvalue weighted by Crippen LogP contribution is 2.37. The fourth-order valence-corrected chi connectivity index (χ4v) is 5.02. The number of benzene rings is 2. The topological polar surface area (TPSA) is 118 Å². The Labute approximate surface area is 213 Å². The van der Waals surface area contributed by atoms with Crippen LogP contribution in [0.4, 0.5) is 24.5 Å². The summed E-state index contributed by atoms with van der Waals surface area (Å²) in [4.78, 5) is 17.1. The van der Waals surface area contributed by atoms with Gasteiger partial charge in [0.2, 0.25) is 5.88 Å². The van der Waals surface area contributed by atoms with Crippen LogP contribution in [0.15, 0.2) is 82.7 Å². The predicted molar refractivity (Wildman–Crippen MR) is 134 cm³/mol. The van der Waals surface area contributed by atoms with Gasteiger partial charge in [-0.25, -0.2) is 9.36 Å². The molecular formula is C23H20F3N5O4S2. The minimum atomic E-state index is -4.46. The fourth-order valence-electron chi connectivity index (χ4n) is 3.51. The Morgan fingerprint density at radius 3 is 2.35 bits per heavy atom. The van der Waals surface area contributed by atoms with Crippen LogP contribution in [-0.2, 0) is 16.8 Å². The van der Waals surface area contributed by atoms with Crippen LogP contribution in [-0.4, -0.2) is 33.2 Å². The van der Waals surface area contributed by atoms with Crippen molar-refractivity contribution < 1.29 is 26.7 Å². The van der Waals surface area contributed by atoms with Gasteiger partial charge in [0.25, 0.3) is 0 Å². The number of nitrogens with zero attached hydrogens (tertiary/aromatic N) is 3. The molecule has 0 amide bonds. The summed E-state index contributed by atoms with van der Waals surface area (Å²) < 4.78 is 70.1. The number of hydrogen-bond acceptors (Lipinski definition) is 6. The highest BCUT2D eigenvalue weighted by molar-refractivity contribution is 8.00. The van der Waals surface area contributed by atoms with Crippen molar-refractivity contribution in [2.24, 2.45) is 0 Å². The number of para-hydroxylation sites is 1. The average molecular weight is 552 g/mol. The number of halogens is 3. The van der Waals surface area contributed by atoms with Crippen LogP contribution in [0.5, 0.6) is 5.88 Å². The van der Waals surface area contributed by atoms with Gasteiger partial charge in [0, 0.05) is 11.1 Å². The van der Waals surface area contributed by atoms with E-state index in [4.69, 9.17) is 0 Å². The smallest absolute Gasteiger partial charge is 0.446 e. The van der Waals surface area contributed by atoms with Crippen LogP contribution in [0.2, 0.25) is 0 Å². The Hall–Kier alpha value is -3.91. The van der Waals surface area contributed by atoms with Crippen molar-refractivity contribution in [2.75, 3.05) is 9.44 Å². The van der Waals surface area contributed by atoms with Gasteiger partial charge in [-0.3, -0.25) is 19.0 Å². The lowest BCUT2D eigenvalue weighted by Crippen LogP contribution is -2.26. The molecule has 9 nitrogen and oxygen atoms in total. The Morgan fingerprint density at radius 1 is 1.03 bits per heavy atom. The molecule has 0 aliphatic carbocycles. The predicted octanol–water partition coefficient (Wildman–Crippen LogP) is 4.48. The van der Waals surface area contributed by atoms with Gasteiger partial charge >= 0.3 is 21.4 Å². The van der Waals surface area contributed by atoms with Gasteiger partial charge in [-0.1, -0.05) is 18.2 Å². The number of imidazole rings is 1. The number of aromatic hydroxyl groups is 1. The molecule has 0 saturated heterocycles. The number of thioether (sulfide) groups is 1. The van der Waals surface area contributed by atoms with Gasteiger partial charge < -0.3 is 5.11 Å². The minimum absolute atomic E-state index is 0.0715. The summed E-state index contributed by atoms with van der Waals surface area (Å²) in [6.07, 6.45) is 2.71. The van der Waals surface area contributed by atoms with E-state index in [2.05, 4.69) is 14.4 Å². The van der Waals surface area contributed by atoms with E-state index in [0.717, 1.165) is 4.57 Å². The van der Waals surface area contributed by atoms with Gasteiger partial charge in [0.1, 0.15) is 0 Å². The highest BCUT2D eigenvalue weighted by Gasteiger charge is 2.29. The molecule has 0 radical (unpaired) electrons. The van der Waals surface area contributed by atoms with Crippen molar-refractivity contribution in [1.82, 2.24) is 14.1 Å². The number of hydrogen-bond donors (Lipinski definition) is 3. The zero-order valence-corrected chi connectivity index (χ0v) is 20.7. The monoisotopic (exact) mass is 551 g/mol. The molecule has 0 atom stereocenters. The van der Waals surface area contributed by atoms with E-state index in [-0.39, 0.29) is 40.3 Å². The first-order chi connectivity index (χ1) is 17.4. The van der Waals surface area contributed by atoms with Crippen LogP contribution in [0.1, 0.15) is 11.3 Å². The Balaban J connectivity index is 1.62. The maximum atomic E-state index is 13.2. The Bertz CT molecular complexity index is 1570. The summed E-state index contributed by atoms with van der Waals surface area (Å²) in [6, 6.07) is 14.7. The van der Waals surface area contributed by atoms with E-state index in [1.54, 1.807) is 30.3 Å². The SMILES string of the molecule is Cc1c(O)n(-c2ccc(SC(F)(F)F)cc2)c(=O)n1Cc1ccncc1NS(=O)(=O)Nc1ccccc1. The second-order valence-electron chi connectivity index (χ2n) is 7.76. The average Bonchev–Trinajstić information content (AvgIpc) is 3.03. The van der Waals surface area contributed by atoms with Crippen LogP contribution in [0, 0.1) is 6.92 Å². The summed E-state index contributed by atoms with van der Waals surface area (Å²) in [5.41, 5.74) is -3.95. The van der Waals surface area contributed by atoms with E-state index in [1.807, 2.05) is 0 Å². The molecule has 3 N–H and O–H groups in total. The molecule has 2 aromatic carbocycles. The molecule has 0 aliphatic heterocycles. The minimum Gasteiger partial charge on any atom is -0.493 e. The third-order valence-corrected chi connectivity index (χ3v) is 6.93. The number of alkyl halides is 3. The zero-order valence-electron chi connectivity index (χ0n) is 19.1. The number of pyridine rings is 1. The van der Waals surface area contributed by atoms with E-state index in [1.165, 1.54) is 54.2 Å². The van der Waals surface area contributed by atoms with Crippen molar-refractivity contribution in [1.29, 1.82) is 0 Å². The van der Waals surface area contributed by atoms with Crippen LogP contribution in [0.3, 0.4) is 0 Å². The lowest BCUT2D eigenvalue weighted by molar-refractivity contribution is -0.0328. The van der Waals surface area contributed by atoms with Gasteiger partial charge in [-0.15, -0.1) is 0 Å². The molecular weight excluding hydrogens is 531 g/mol. The van der Waals surface area contributed by atoms with Crippen LogP contribution < -0.4 is 15.1 Å². The number of anilines is 2. The molecule has 0 spiro atoms. The second-order valence-corrected chi connectivity index (χ2v) is 10.3. The quantitative estimate of drug-likeness (QED) is 0.278. The first kappa shape index (κ1) is 26.2. The normalized spacial score (nSPS) is 11.9. The molecule has 37 heavy (non-hydrogen) atoms. The number of rotatable bonds is 8. The Morgan fingerprint density at radius 2 is 1.70 bits per heavy atom.